The molecular weight excluding hydrogens is 661 g/mol. The zero-order chi connectivity index (χ0) is 34.9. The van der Waals surface area contributed by atoms with Gasteiger partial charge >= 0.3 is 0 Å². The van der Waals surface area contributed by atoms with Gasteiger partial charge in [-0.3, -0.25) is 0 Å². The predicted octanol–water partition coefficient (Wildman–Crippen LogP) is 14.2. The van der Waals surface area contributed by atoms with E-state index in [1.165, 1.54) is 97.8 Å². The third-order valence-electron chi connectivity index (χ3n) is 11.3. The minimum absolute atomic E-state index is 0.986. The maximum Gasteiger partial charge on any atom is 0.0558 e. The number of fused-ring (bicyclic) bond motifs is 9. The number of anilines is 2. The van der Waals surface area contributed by atoms with Crippen LogP contribution in [0.4, 0.5) is 11.4 Å². The van der Waals surface area contributed by atoms with Crippen molar-refractivity contribution in [2.24, 2.45) is 0 Å². The first-order valence-electron chi connectivity index (χ1n) is 18.7. The van der Waals surface area contributed by atoms with E-state index in [4.69, 9.17) is 0 Å². The van der Waals surface area contributed by atoms with Crippen LogP contribution in [0.2, 0.25) is 0 Å². The Morgan fingerprint density at radius 2 is 1.30 bits per heavy atom. The predicted molar refractivity (Wildman–Crippen MR) is 229 cm³/mol. The minimum Gasteiger partial charge on any atom is -0.314 e. The van der Waals surface area contributed by atoms with Crippen LogP contribution in [0.25, 0.3) is 70.0 Å². The average molecular weight is 697 g/mol. The van der Waals surface area contributed by atoms with E-state index in [1.807, 2.05) is 11.3 Å². The summed E-state index contributed by atoms with van der Waals surface area (Å²) >= 11 is 1.89. The highest BCUT2D eigenvalue weighted by atomic mass is 32.1. The number of nitrogens with zero attached hydrogens (tertiary/aromatic N) is 2. The Kier molecular flexibility index (Phi) is 7.03. The van der Waals surface area contributed by atoms with Gasteiger partial charge in [0.15, 0.2) is 0 Å². The van der Waals surface area contributed by atoms with Crippen LogP contribution in [0.1, 0.15) is 36.1 Å². The molecule has 0 amide bonds. The first-order chi connectivity index (χ1) is 26.3. The lowest BCUT2D eigenvalue weighted by molar-refractivity contribution is 0.897. The number of benzene rings is 7. The molecule has 0 saturated carbocycles. The van der Waals surface area contributed by atoms with Gasteiger partial charge in [-0.05, 0) is 125 Å². The molecule has 2 nitrogen and oxygen atoms in total. The molecule has 7 aromatic carbocycles. The fourth-order valence-corrected chi connectivity index (χ4v) is 9.90. The van der Waals surface area contributed by atoms with E-state index in [2.05, 4.69) is 179 Å². The standard InChI is InChI=1S/C50H36N2S/c1-3-12-37(13-4-1)51(39-24-21-34-20-19-33-11-7-8-16-41(33)44(34)31-39)40-25-26-42-45-29-35(22-27-47(45)52(48(42)32-40)38-14-5-2-6-15-38)36-23-28-50-46(30-36)43-17-9-10-18-49(43)53-50/h1-3,5-12,14-21,23-26,28-32H,4,13,22,27H2. The molecule has 9 aromatic rings. The summed E-state index contributed by atoms with van der Waals surface area (Å²) in [6.45, 7) is 0. The number of rotatable bonds is 5. The van der Waals surface area contributed by atoms with Gasteiger partial charge in [-0.1, -0.05) is 103 Å². The number of hydrogen-bond acceptors (Lipinski definition) is 2. The average Bonchev–Trinajstić information content (AvgIpc) is 3.76. The summed E-state index contributed by atoms with van der Waals surface area (Å²) in [6, 6.07) is 54.2. The Morgan fingerprint density at radius 3 is 2.19 bits per heavy atom. The van der Waals surface area contributed by atoms with Crippen LogP contribution < -0.4 is 4.90 Å². The fourth-order valence-electron chi connectivity index (χ4n) is 8.81. The van der Waals surface area contributed by atoms with Gasteiger partial charge in [0.05, 0.1) is 5.52 Å². The Balaban J connectivity index is 1.10. The van der Waals surface area contributed by atoms with Crippen molar-refractivity contribution in [2.45, 2.75) is 25.7 Å². The van der Waals surface area contributed by atoms with Crippen molar-refractivity contribution in [1.82, 2.24) is 4.57 Å². The molecule has 252 valence electrons. The lowest BCUT2D eigenvalue weighted by Crippen LogP contribution is -2.17. The van der Waals surface area contributed by atoms with Crippen LogP contribution >= 0.6 is 11.3 Å². The van der Waals surface area contributed by atoms with Gasteiger partial charge in [-0.25, -0.2) is 0 Å². The van der Waals surface area contributed by atoms with Crippen LogP contribution in [0.15, 0.2) is 170 Å². The highest BCUT2D eigenvalue weighted by molar-refractivity contribution is 7.25. The van der Waals surface area contributed by atoms with Gasteiger partial charge < -0.3 is 9.47 Å². The first-order valence-corrected chi connectivity index (χ1v) is 19.5. The third kappa shape index (κ3) is 4.99. The topological polar surface area (TPSA) is 8.17 Å². The number of aromatic nitrogens is 1. The maximum atomic E-state index is 2.53. The summed E-state index contributed by atoms with van der Waals surface area (Å²) in [7, 11) is 0. The van der Waals surface area contributed by atoms with Crippen LogP contribution in [0, 0.1) is 0 Å². The molecule has 2 aliphatic carbocycles. The van der Waals surface area contributed by atoms with Crippen LogP contribution in [-0.2, 0) is 6.42 Å². The van der Waals surface area contributed by atoms with E-state index in [1.54, 1.807) is 0 Å². The number of thiophene rings is 1. The molecule has 0 N–H and O–H groups in total. The van der Waals surface area contributed by atoms with Crippen LogP contribution in [-0.4, -0.2) is 4.57 Å². The zero-order valence-corrected chi connectivity index (χ0v) is 30.1. The Labute approximate surface area is 312 Å². The van der Waals surface area contributed by atoms with Gasteiger partial charge in [0.2, 0.25) is 0 Å². The van der Waals surface area contributed by atoms with E-state index in [0.29, 0.717) is 0 Å². The van der Waals surface area contributed by atoms with Crippen molar-refractivity contribution in [3.8, 4) is 5.69 Å². The molecule has 0 fully saturated rings. The van der Waals surface area contributed by atoms with Crippen molar-refractivity contribution in [1.29, 1.82) is 0 Å². The summed E-state index contributed by atoms with van der Waals surface area (Å²) in [6.07, 6.45) is 13.3. The first kappa shape index (κ1) is 30.5. The second kappa shape index (κ2) is 12.2. The van der Waals surface area contributed by atoms with E-state index < -0.39 is 0 Å². The van der Waals surface area contributed by atoms with Gasteiger partial charge in [0, 0.05) is 59.6 Å². The number of hydrogen-bond donors (Lipinski definition) is 0. The molecule has 2 heterocycles. The second-order valence-corrected chi connectivity index (χ2v) is 15.4. The molecule has 0 radical (unpaired) electrons. The monoisotopic (exact) mass is 696 g/mol. The molecule has 11 rings (SSSR count). The fraction of sp³-hybridized carbons (Fsp3) is 0.0800. The van der Waals surface area contributed by atoms with E-state index in [0.717, 1.165) is 25.7 Å². The number of para-hydroxylation sites is 1. The molecule has 0 bridgehead atoms. The van der Waals surface area contributed by atoms with E-state index in [9.17, 15) is 0 Å². The van der Waals surface area contributed by atoms with Crippen molar-refractivity contribution in [3.63, 3.8) is 0 Å². The second-order valence-electron chi connectivity index (χ2n) is 14.4. The molecule has 0 aliphatic heterocycles. The Bertz CT molecular complexity index is 3010. The van der Waals surface area contributed by atoms with Crippen molar-refractivity contribution in [2.75, 3.05) is 4.90 Å². The largest absolute Gasteiger partial charge is 0.314 e. The lowest BCUT2D eigenvalue weighted by atomic mass is 9.90. The van der Waals surface area contributed by atoms with Gasteiger partial charge in [0.1, 0.15) is 0 Å². The van der Waals surface area contributed by atoms with Gasteiger partial charge in [-0.15, -0.1) is 11.3 Å². The normalized spacial score (nSPS) is 14.3. The van der Waals surface area contributed by atoms with Gasteiger partial charge in [-0.2, -0.15) is 0 Å². The maximum absolute atomic E-state index is 2.53. The molecule has 0 spiro atoms. The van der Waals surface area contributed by atoms with Crippen molar-refractivity contribution < 1.29 is 0 Å². The molecule has 3 heteroatoms. The zero-order valence-electron chi connectivity index (χ0n) is 29.3. The van der Waals surface area contributed by atoms with Gasteiger partial charge in [0.25, 0.3) is 0 Å². The molecule has 53 heavy (non-hydrogen) atoms. The summed E-state index contributed by atoms with van der Waals surface area (Å²) in [4.78, 5) is 2.49. The smallest absolute Gasteiger partial charge is 0.0558 e. The molecular formula is C50H36N2S. The molecule has 2 aliphatic rings. The Morgan fingerprint density at radius 1 is 0.547 bits per heavy atom. The van der Waals surface area contributed by atoms with E-state index >= 15 is 0 Å². The van der Waals surface area contributed by atoms with E-state index in [-0.39, 0.29) is 0 Å². The van der Waals surface area contributed by atoms with Crippen molar-refractivity contribution in [3.05, 3.63) is 186 Å². The summed E-state index contributed by atoms with van der Waals surface area (Å²) < 4.78 is 5.23. The molecule has 0 saturated heterocycles. The highest BCUT2D eigenvalue weighted by Crippen LogP contribution is 2.44. The van der Waals surface area contributed by atoms with Crippen LogP contribution in [0.3, 0.4) is 0 Å². The molecule has 2 aromatic heterocycles. The Hall–Kier alpha value is -6.16. The lowest BCUT2D eigenvalue weighted by Gasteiger charge is -2.29. The van der Waals surface area contributed by atoms with Crippen LogP contribution in [0.5, 0.6) is 0 Å². The minimum atomic E-state index is 0.986. The summed E-state index contributed by atoms with van der Waals surface area (Å²) in [5.41, 5.74) is 11.6. The molecule has 0 atom stereocenters. The highest BCUT2D eigenvalue weighted by Gasteiger charge is 2.24. The number of allylic oxidation sites excluding steroid dienone is 5. The summed E-state index contributed by atoms with van der Waals surface area (Å²) in [5, 5.41) is 9.13. The van der Waals surface area contributed by atoms with Crippen molar-refractivity contribution >= 4 is 87.0 Å². The summed E-state index contributed by atoms with van der Waals surface area (Å²) in [5.74, 6) is 0. The SMILES string of the molecule is C1=CCCC(N(c2ccc3ccc4ccccc4c3c2)c2ccc3c4c(n(-c5ccccc5)c3c2)CCC(c2ccc3sc5ccccc5c3c2)=C4)=C1. The quantitative estimate of drug-likeness (QED) is 0.163. The third-order valence-corrected chi connectivity index (χ3v) is 12.5. The molecule has 0 unspecified atom stereocenters.